The molecule has 0 atom stereocenters. The average Bonchev–Trinajstić information content (AvgIpc) is 2.29. The molecule has 17 heavy (non-hydrogen) atoms. The van der Waals surface area contributed by atoms with Gasteiger partial charge in [0.25, 0.3) is 0 Å². The van der Waals surface area contributed by atoms with Gasteiger partial charge >= 0.3 is 0 Å². The minimum atomic E-state index is -0.169. The van der Waals surface area contributed by atoms with Crippen LogP contribution < -0.4 is 11.5 Å². The Morgan fingerprint density at radius 2 is 2.18 bits per heavy atom. The van der Waals surface area contributed by atoms with Crippen molar-refractivity contribution in [3.8, 4) is 0 Å². The van der Waals surface area contributed by atoms with Crippen molar-refractivity contribution in [3.05, 3.63) is 23.9 Å². The number of hydrogen-bond acceptors (Lipinski definition) is 4. The molecule has 2 heterocycles. The molecule has 0 radical (unpaired) electrons. The van der Waals surface area contributed by atoms with Gasteiger partial charge in [0.15, 0.2) is 0 Å². The maximum Gasteiger partial charge on any atom is 0.220 e. The third-order valence-corrected chi connectivity index (χ3v) is 3.24. The maximum atomic E-state index is 11.0. The first-order chi connectivity index (χ1) is 8.15. The molecule has 1 aromatic rings. The number of nitrogen functional groups attached to an aromatic ring is 1. The van der Waals surface area contributed by atoms with E-state index in [0.717, 1.165) is 38.0 Å². The quantitative estimate of drug-likeness (QED) is 0.790. The number of carbonyl (C=O) groups excluding carboxylic acids is 1. The summed E-state index contributed by atoms with van der Waals surface area (Å²) in [5.74, 6) is 0.432. The number of nitrogens with zero attached hydrogens (tertiary/aromatic N) is 2. The predicted molar refractivity (Wildman–Crippen MR) is 65.8 cm³/mol. The number of aromatic nitrogens is 1. The maximum absolute atomic E-state index is 11.0. The lowest BCUT2D eigenvalue weighted by atomic mass is 9.96. The molecule has 0 aliphatic carbocycles. The lowest BCUT2D eigenvalue weighted by molar-refractivity contribution is -0.123. The summed E-state index contributed by atoms with van der Waals surface area (Å²) in [6, 6.07) is 3.86. The molecular weight excluding hydrogens is 216 g/mol. The predicted octanol–water partition coefficient (Wildman–Crippen LogP) is 0.361. The normalized spacial score (nSPS) is 18.1. The molecule has 1 aliphatic rings. The van der Waals surface area contributed by atoms with E-state index >= 15 is 0 Å². The van der Waals surface area contributed by atoms with Gasteiger partial charge in [0.2, 0.25) is 5.91 Å². The smallest absolute Gasteiger partial charge is 0.220 e. The number of hydrogen-bond donors (Lipinski definition) is 2. The van der Waals surface area contributed by atoms with E-state index in [1.165, 1.54) is 0 Å². The summed E-state index contributed by atoms with van der Waals surface area (Å²) in [7, 11) is 0. The van der Waals surface area contributed by atoms with Crippen LogP contribution in [0.2, 0.25) is 0 Å². The van der Waals surface area contributed by atoms with Crippen LogP contribution in [-0.2, 0) is 11.3 Å². The average molecular weight is 234 g/mol. The topological polar surface area (TPSA) is 85.2 Å². The summed E-state index contributed by atoms with van der Waals surface area (Å²) in [6.45, 7) is 2.68. The van der Waals surface area contributed by atoms with E-state index in [0.29, 0.717) is 5.82 Å². The largest absolute Gasteiger partial charge is 0.384 e. The zero-order valence-corrected chi connectivity index (χ0v) is 9.80. The van der Waals surface area contributed by atoms with Gasteiger partial charge in [-0.05, 0) is 43.6 Å². The van der Waals surface area contributed by atoms with E-state index < -0.39 is 0 Å². The molecule has 5 heteroatoms. The fourth-order valence-corrected chi connectivity index (χ4v) is 2.23. The Bertz CT molecular complexity index is 399. The number of anilines is 1. The molecule has 0 saturated carbocycles. The van der Waals surface area contributed by atoms with E-state index in [1.807, 2.05) is 12.1 Å². The van der Waals surface area contributed by atoms with Crippen molar-refractivity contribution in [3.63, 3.8) is 0 Å². The number of likely N-dealkylation sites (tertiary alicyclic amines) is 1. The summed E-state index contributed by atoms with van der Waals surface area (Å²) in [5.41, 5.74) is 12.1. The molecule has 0 bridgehead atoms. The third-order valence-electron chi connectivity index (χ3n) is 3.24. The summed E-state index contributed by atoms with van der Waals surface area (Å²) >= 11 is 0. The molecule has 0 spiro atoms. The van der Waals surface area contributed by atoms with Gasteiger partial charge in [0, 0.05) is 18.7 Å². The second-order valence-electron chi connectivity index (χ2n) is 4.54. The molecule has 1 aromatic heterocycles. The van der Waals surface area contributed by atoms with E-state index in [4.69, 9.17) is 11.5 Å². The van der Waals surface area contributed by atoms with Crippen LogP contribution in [0, 0.1) is 5.92 Å². The van der Waals surface area contributed by atoms with E-state index in [-0.39, 0.29) is 11.8 Å². The Balaban J connectivity index is 1.88. The van der Waals surface area contributed by atoms with Crippen LogP contribution in [-0.4, -0.2) is 28.9 Å². The first-order valence-electron chi connectivity index (χ1n) is 5.87. The number of piperidine rings is 1. The zero-order valence-electron chi connectivity index (χ0n) is 9.80. The van der Waals surface area contributed by atoms with Gasteiger partial charge in [-0.2, -0.15) is 0 Å². The summed E-state index contributed by atoms with van der Waals surface area (Å²) in [4.78, 5) is 17.3. The molecule has 1 saturated heterocycles. The molecule has 1 aliphatic heterocycles. The van der Waals surface area contributed by atoms with Crippen LogP contribution in [0.25, 0.3) is 0 Å². The van der Waals surface area contributed by atoms with Crippen molar-refractivity contribution in [2.75, 3.05) is 18.8 Å². The van der Waals surface area contributed by atoms with Crippen LogP contribution in [0.5, 0.6) is 0 Å². The molecular formula is C12H18N4O. The lowest BCUT2D eigenvalue weighted by Gasteiger charge is -2.30. The molecule has 4 N–H and O–H groups in total. The standard InChI is InChI=1S/C12H18N4O/c13-11-7-9(1-4-15-11)8-16-5-2-10(3-6-16)12(14)17/h1,4,7,10H,2-3,5-6,8H2,(H2,13,15)(H2,14,17). The Kier molecular flexibility index (Phi) is 3.58. The van der Waals surface area contributed by atoms with Gasteiger partial charge in [0.1, 0.15) is 5.82 Å². The second-order valence-corrected chi connectivity index (χ2v) is 4.54. The zero-order chi connectivity index (χ0) is 12.3. The Labute approximate surface area is 101 Å². The Morgan fingerprint density at radius 3 is 2.76 bits per heavy atom. The Hall–Kier alpha value is -1.62. The number of rotatable bonds is 3. The van der Waals surface area contributed by atoms with Crippen LogP contribution >= 0.6 is 0 Å². The molecule has 5 nitrogen and oxygen atoms in total. The van der Waals surface area contributed by atoms with Crippen molar-refractivity contribution in [2.24, 2.45) is 11.7 Å². The molecule has 2 rings (SSSR count). The van der Waals surface area contributed by atoms with Crippen LogP contribution in [0.1, 0.15) is 18.4 Å². The van der Waals surface area contributed by atoms with Crippen LogP contribution in [0.15, 0.2) is 18.3 Å². The van der Waals surface area contributed by atoms with Crippen LogP contribution in [0.4, 0.5) is 5.82 Å². The number of pyridine rings is 1. The van der Waals surface area contributed by atoms with E-state index in [9.17, 15) is 4.79 Å². The first kappa shape index (κ1) is 11.9. The molecule has 1 fully saturated rings. The Morgan fingerprint density at radius 1 is 1.47 bits per heavy atom. The fourth-order valence-electron chi connectivity index (χ4n) is 2.23. The number of nitrogens with two attached hydrogens (primary N) is 2. The highest BCUT2D eigenvalue weighted by Gasteiger charge is 2.22. The minimum absolute atomic E-state index is 0.0498. The van der Waals surface area contributed by atoms with Gasteiger partial charge in [-0.1, -0.05) is 0 Å². The summed E-state index contributed by atoms with van der Waals surface area (Å²) in [6.07, 6.45) is 3.44. The monoisotopic (exact) mass is 234 g/mol. The van der Waals surface area contributed by atoms with Crippen molar-refractivity contribution >= 4 is 11.7 Å². The number of carbonyl (C=O) groups is 1. The first-order valence-corrected chi connectivity index (χ1v) is 5.87. The van der Waals surface area contributed by atoms with E-state index in [2.05, 4.69) is 9.88 Å². The van der Waals surface area contributed by atoms with Gasteiger partial charge < -0.3 is 11.5 Å². The highest BCUT2D eigenvalue weighted by molar-refractivity contribution is 5.76. The van der Waals surface area contributed by atoms with Crippen molar-refractivity contribution in [1.82, 2.24) is 9.88 Å². The van der Waals surface area contributed by atoms with Crippen molar-refractivity contribution in [1.29, 1.82) is 0 Å². The van der Waals surface area contributed by atoms with Crippen molar-refractivity contribution in [2.45, 2.75) is 19.4 Å². The SMILES string of the molecule is NC(=O)C1CCN(Cc2ccnc(N)c2)CC1. The van der Waals surface area contributed by atoms with Crippen LogP contribution in [0.3, 0.4) is 0 Å². The van der Waals surface area contributed by atoms with E-state index in [1.54, 1.807) is 6.20 Å². The van der Waals surface area contributed by atoms with Crippen molar-refractivity contribution < 1.29 is 4.79 Å². The van der Waals surface area contributed by atoms with Gasteiger partial charge in [-0.25, -0.2) is 4.98 Å². The molecule has 0 unspecified atom stereocenters. The van der Waals surface area contributed by atoms with Gasteiger partial charge in [0.05, 0.1) is 0 Å². The third kappa shape index (κ3) is 3.17. The summed E-state index contributed by atoms with van der Waals surface area (Å²) < 4.78 is 0. The molecule has 92 valence electrons. The molecule has 0 aromatic carbocycles. The van der Waals surface area contributed by atoms with Gasteiger partial charge in [-0.3, -0.25) is 9.69 Å². The minimum Gasteiger partial charge on any atom is -0.384 e. The summed E-state index contributed by atoms with van der Waals surface area (Å²) in [5, 5.41) is 0. The molecule has 1 amide bonds. The lowest BCUT2D eigenvalue weighted by Crippen LogP contribution is -2.38. The van der Waals surface area contributed by atoms with Gasteiger partial charge in [-0.15, -0.1) is 0 Å². The second kappa shape index (κ2) is 5.14. The number of primary amides is 1. The highest BCUT2D eigenvalue weighted by Crippen LogP contribution is 2.18. The highest BCUT2D eigenvalue weighted by atomic mass is 16.1. The fraction of sp³-hybridized carbons (Fsp3) is 0.500. The number of amides is 1.